The van der Waals surface area contributed by atoms with E-state index in [4.69, 9.17) is 10.5 Å². The van der Waals surface area contributed by atoms with Gasteiger partial charge in [0.25, 0.3) is 0 Å². The highest BCUT2D eigenvalue weighted by Crippen LogP contribution is 2.11. The van der Waals surface area contributed by atoms with Gasteiger partial charge in [-0.1, -0.05) is 31.2 Å². The molecule has 3 N–H and O–H groups in total. The largest absolute Gasteiger partial charge is 0.379 e. The van der Waals surface area contributed by atoms with Crippen LogP contribution in [0.4, 0.5) is 0 Å². The summed E-state index contributed by atoms with van der Waals surface area (Å²) in [5, 5.41) is 3.23. The Morgan fingerprint density at radius 2 is 1.60 bits per heavy atom. The zero-order chi connectivity index (χ0) is 20.3. The molecular formula is C22H39IN6O. The van der Waals surface area contributed by atoms with Gasteiger partial charge in [0.05, 0.1) is 19.8 Å². The molecule has 0 radical (unpaired) electrons. The number of likely N-dealkylation sites (N-methyl/N-ethyl adjacent to an activating group) is 1. The first-order valence-corrected chi connectivity index (χ1v) is 11.1. The monoisotopic (exact) mass is 530 g/mol. The number of piperazine rings is 1. The Bertz CT molecular complexity index is 613. The van der Waals surface area contributed by atoms with Crippen LogP contribution < -0.4 is 11.1 Å². The van der Waals surface area contributed by atoms with Gasteiger partial charge in [-0.15, -0.1) is 24.0 Å². The van der Waals surface area contributed by atoms with Crippen molar-refractivity contribution < 1.29 is 4.74 Å². The summed E-state index contributed by atoms with van der Waals surface area (Å²) in [5.41, 5.74) is 8.58. The van der Waals surface area contributed by atoms with Gasteiger partial charge in [-0.05, 0) is 30.6 Å². The Hall–Kier alpha value is -0.940. The third-order valence-electron chi connectivity index (χ3n) is 5.83. The molecule has 0 saturated carbocycles. The number of ether oxygens (including phenoxy) is 1. The van der Waals surface area contributed by atoms with Gasteiger partial charge in [0.15, 0.2) is 5.96 Å². The Morgan fingerprint density at radius 3 is 2.27 bits per heavy atom. The summed E-state index contributed by atoms with van der Waals surface area (Å²) in [7, 11) is 0. The smallest absolute Gasteiger partial charge is 0.188 e. The molecule has 0 amide bonds. The number of nitrogens with two attached hydrogens (primary N) is 1. The number of halogens is 1. The van der Waals surface area contributed by atoms with Crippen LogP contribution in [0.15, 0.2) is 29.3 Å². The Kier molecular flexibility index (Phi) is 12.0. The van der Waals surface area contributed by atoms with E-state index in [9.17, 15) is 0 Å². The standard InChI is InChI=1S/C22H38N6O.HI/c1-2-26-10-12-28(13-11-26)19-21-6-4-20(5-7-21)18-25-22(23)24-8-3-9-27-14-16-29-17-15-27;/h4-7H,2-3,8-19H2,1H3,(H3,23,24,25);1H. The fraction of sp³-hybridized carbons (Fsp3) is 0.682. The molecule has 7 nitrogen and oxygen atoms in total. The third-order valence-corrected chi connectivity index (χ3v) is 5.83. The number of aliphatic imine (C=N–C) groups is 1. The van der Waals surface area contributed by atoms with Gasteiger partial charge < -0.3 is 20.7 Å². The molecule has 170 valence electrons. The molecule has 8 heteroatoms. The minimum absolute atomic E-state index is 0. The van der Waals surface area contributed by atoms with Gasteiger partial charge in [0.2, 0.25) is 0 Å². The second-order valence-electron chi connectivity index (χ2n) is 7.96. The van der Waals surface area contributed by atoms with Crippen molar-refractivity contribution in [3.8, 4) is 0 Å². The van der Waals surface area contributed by atoms with Crippen LogP contribution >= 0.6 is 24.0 Å². The average molecular weight is 530 g/mol. The van der Waals surface area contributed by atoms with Gasteiger partial charge in [0.1, 0.15) is 0 Å². The van der Waals surface area contributed by atoms with Gasteiger partial charge in [-0.25, -0.2) is 4.99 Å². The first-order chi connectivity index (χ1) is 14.2. The molecule has 2 aliphatic rings. The highest BCUT2D eigenvalue weighted by Gasteiger charge is 2.15. The Labute approximate surface area is 199 Å². The van der Waals surface area contributed by atoms with E-state index in [1.807, 2.05) is 0 Å². The quantitative estimate of drug-likeness (QED) is 0.219. The topological polar surface area (TPSA) is 69.4 Å². The molecule has 2 aliphatic heterocycles. The lowest BCUT2D eigenvalue weighted by Gasteiger charge is -2.34. The van der Waals surface area contributed by atoms with E-state index >= 15 is 0 Å². The normalized spacial score (nSPS) is 19.4. The minimum atomic E-state index is 0. The summed E-state index contributed by atoms with van der Waals surface area (Å²) in [5.74, 6) is 0.532. The molecule has 30 heavy (non-hydrogen) atoms. The summed E-state index contributed by atoms with van der Waals surface area (Å²) in [4.78, 5) is 12.0. The molecule has 0 aromatic heterocycles. The third kappa shape index (κ3) is 9.05. The van der Waals surface area contributed by atoms with Crippen LogP contribution in [0.2, 0.25) is 0 Å². The lowest BCUT2D eigenvalue weighted by Crippen LogP contribution is -2.45. The second kappa shape index (κ2) is 14.2. The molecule has 0 bridgehead atoms. The van der Waals surface area contributed by atoms with Gasteiger partial charge >= 0.3 is 0 Å². The van der Waals surface area contributed by atoms with Crippen LogP contribution in [-0.2, 0) is 17.8 Å². The van der Waals surface area contributed by atoms with E-state index in [1.54, 1.807) is 0 Å². The van der Waals surface area contributed by atoms with Crippen molar-refractivity contribution in [2.75, 3.05) is 72.1 Å². The highest BCUT2D eigenvalue weighted by atomic mass is 127. The first kappa shape index (κ1) is 25.3. The van der Waals surface area contributed by atoms with Gasteiger partial charge in [0, 0.05) is 52.4 Å². The average Bonchev–Trinajstić information content (AvgIpc) is 2.77. The number of benzene rings is 1. The molecule has 3 rings (SSSR count). The molecule has 2 heterocycles. The lowest BCUT2D eigenvalue weighted by molar-refractivity contribution is 0.0376. The van der Waals surface area contributed by atoms with Crippen LogP contribution in [-0.4, -0.2) is 92.8 Å². The number of rotatable bonds is 9. The van der Waals surface area contributed by atoms with Crippen molar-refractivity contribution in [1.29, 1.82) is 0 Å². The number of guanidine groups is 1. The Balaban J connectivity index is 0.00000320. The van der Waals surface area contributed by atoms with E-state index < -0.39 is 0 Å². The maximum absolute atomic E-state index is 6.01. The number of hydrogen-bond acceptors (Lipinski definition) is 5. The number of nitrogens with one attached hydrogen (secondary N) is 1. The summed E-state index contributed by atoms with van der Waals surface area (Å²) < 4.78 is 5.37. The van der Waals surface area contributed by atoms with Crippen LogP contribution in [0.5, 0.6) is 0 Å². The van der Waals surface area contributed by atoms with Crippen molar-refractivity contribution in [3.05, 3.63) is 35.4 Å². The number of morpholine rings is 1. The molecular weight excluding hydrogens is 491 g/mol. The summed E-state index contributed by atoms with van der Waals surface area (Å²) in [6, 6.07) is 8.80. The summed E-state index contributed by atoms with van der Waals surface area (Å²) in [6.45, 7) is 15.5. The number of hydrogen-bond donors (Lipinski definition) is 2. The zero-order valence-corrected chi connectivity index (χ0v) is 20.7. The van der Waals surface area contributed by atoms with Crippen molar-refractivity contribution in [1.82, 2.24) is 20.0 Å². The minimum Gasteiger partial charge on any atom is -0.379 e. The fourth-order valence-corrected chi connectivity index (χ4v) is 3.85. The van der Waals surface area contributed by atoms with E-state index in [1.165, 1.54) is 24.2 Å². The van der Waals surface area contributed by atoms with Crippen LogP contribution in [0.3, 0.4) is 0 Å². The fourth-order valence-electron chi connectivity index (χ4n) is 3.85. The molecule has 2 saturated heterocycles. The summed E-state index contributed by atoms with van der Waals surface area (Å²) in [6.07, 6.45) is 1.07. The second-order valence-corrected chi connectivity index (χ2v) is 7.96. The van der Waals surface area contributed by atoms with E-state index in [0.29, 0.717) is 12.5 Å². The highest BCUT2D eigenvalue weighted by molar-refractivity contribution is 14.0. The zero-order valence-electron chi connectivity index (χ0n) is 18.4. The van der Waals surface area contributed by atoms with Crippen molar-refractivity contribution in [3.63, 3.8) is 0 Å². The van der Waals surface area contributed by atoms with Crippen LogP contribution in [0.25, 0.3) is 0 Å². The van der Waals surface area contributed by atoms with E-state index in [0.717, 1.165) is 72.0 Å². The van der Waals surface area contributed by atoms with Crippen LogP contribution in [0.1, 0.15) is 24.5 Å². The van der Waals surface area contributed by atoms with Crippen molar-refractivity contribution in [2.45, 2.75) is 26.4 Å². The maximum atomic E-state index is 6.01. The predicted octanol–water partition coefficient (Wildman–Crippen LogP) is 1.57. The van der Waals surface area contributed by atoms with Crippen molar-refractivity contribution >= 4 is 29.9 Å². The SMILES string of the molecule is CCN1CCN(Cc2ccc(CN=C(N)NCCCN3CCOCC3)cc2)CC1.I. The van der Waals surface area contributed by atoms with Crippen LogP contribution in [0, 0.1) is 0 Å². The summed E-state index contributed by atoms with van der Waals surface area (Å²) >= 11 is 0. The van der Waals surface area contributed by atoms with Gasteiger partial charge in [-0.2, -0.15) is 0 Å². The van der Waals surface area contributed by atoms with Gasteiger partial charge in [-0.3, -0.25) is 9.80 Å². The molecule has 2 fully saturated rings. The molecule has 0 aliphatic carbocycles. The predicted molar refractivity (Wildman–Crippen MR) is 134 cm³/mol. The Morgan fingerprint density at radius 1 is 0.967 bits per heavy atom. The van der Waals surface area contributed by atoms with E-state index in [2.05, 4.69) is 56.2 Å². The molecule has 1 aromatic carbocycles. The van der Waals surface area contributed by atoms with Crippen molar-refractivity contribution in [2.24, 2.45) is 10.7 Å². The molecule has 1 aromatic rings. The molecule has 0 atom stereocenters. The maximum Gasteiger partial charge on any atom is 0.188 e. The van der Waals surface area contributed by atoms with E-state index in [-0.39, 0.29) is 24.0 Å². The number of nitrogens with zero attached hydrogens (tertiary/aromatic N) is 4. The first-order valence-electron chi connectivity index (χ1n) is 11.1. The lowest BCUT2D eigenvalue weighted by atomic mass is 10.1. The molecule has 0 unspecified atom stereocenters. The molecule has 0 spiro atoms.